The topological polar surface area (TPSA) is 41.9 Å². The van der Waals surface area contributed by atoms with E-state index in [1.165, 1.54) is 5.56 Å². The monoisotopic (exact) mass is 291 g/mol. The van der Waals surface area contributed by atoms with Crippen molar-refractivity contribution in [1.29, 1.82) is 0 Å². The van der Waals surface area contributed by atoms with Gasteiger partial charge in [-0.1, -0.05) is 13.0 Å². The first kappa shape index (κ1) is 14.8. The van der Waals surface area contributed by atoms with Crippen LogP contribution in [0.1, 0.15) is 37.0 Å². The molecule has 4 heteroatoms. The van der Waals surface area contributed by atoms with E-state index in [-0.39, 0.29) is 12.2 Å². The lowest BCUT2D eigenvalue weighted by atomic mass is 9.89. The number of ether oxygens (including phenoxy) is 2. The van der Waals surface area contributed by atoms with Gasteiger partial charge in [0, 0.05) is 13.1 Å². The minimum absolute atomic E-state index is 0.139. The van der Waals surface area contributed by atoms with E-state index in [1.54, 1.807) is 0 Å². The predicted octanol–water partition coefficient (Wildman–Crippen LogP) is 2.16. The minimum atomic E-state index is -0.334. The Morgan fingerprint density at radius 2 is 2.33 bits per heavy atom. The van der Waals surface area contributed by atoms with Crippen LogP contribution in [-0.2, 0) is 11.2 Å². The van der Waals surface area contributed by atoms with Crippen molar-refractivity contribution in [2.24, 2.45) is 0 Å². The summed E-state index contributed by atoms with van der Waals surface area (Å²) in [5.74, 6) is 0.840. The molecule has 1 unspecified atom stereocenters. The zero-order valence-electron chi connectivity index (χ0n) is 12.8. The number of aliphatic hydroxyl groups excluding tert-OH is 1. The molecule has 1 aliphatic heterocycles. The van der Waals surface area contributed by atoms with E-state index in [1.807, 2.05) is 12.1 Å². The number of likely N-dealkylation sites (N-methyl/N-ethyl adjacent to an activating group) is 1. The molecule has 116 valence electrons. The van der Waals surface area contributed by atoms with Crippen molar-refractivity contribution in [2.45, 2.75) is 38.4 Å². The smallest absolute Gasteiger partial charge is 0.119 e. The van der Waals surface area contributed by atoms with Crippen molar-refractivity contribution >= 4 is 0 Å². The maximum absolute atomic E-state index is 10.1. The van der Waals surface area contributed by atoms with Crippen LogP contribution < -0.4 is 4.74 Å². The van der Waals surface area contributed by atoms with Crippen molar-refractivity contribution < 1.29 is 14.6 Å². The van der Waals surface area contributed by atoms with E-state index < -0.39 is 0 Å². The van der Waals surface area contributed by atoms with Crippen LogP contribution in [-0.4, -0.2) is 49.0 Å². The van der Waals surface area contributed by atoms with Crippen LogP contribution in [0, 0.1) is 0 Å². The number of aryl methyl sites for hydroxylation is 1. The highest BCUT2D eigenvalue weighted by Gasteiger charge is 2.21. The van der Waals surface area contributed by atoms with Gasteiger partial charge in [-0.05, 0) is 49.1 Å². The van der Waals surface area contributed by atoms with Gasteiger partial charge in [-0.3, -0.25) is 4.90 Å². The second kappa shape index (κ2) is 6.77. The first-order chi connectivity index (χ1) is 10.3. The summed E-state index contributed by atoms with van der Waals surface area (Å²) >= 11 is 0. The number of rotatable bonds is 4. The van der Waals surface area contributed by atoms with Gasteiger partial charge >= 0.3 is 0 Å². The fraction of sp³-hybridized carbons (Fsp3) is 0.647. The summed E-state index contributed by atoms with van der Waals surface area (Å²) in [6.07, 6.45) is 2.78. The molecule has 1 heterocycles. The Labute approximate surface area is 126 Å². The lowest BCUT2D eigenvalue weighted by Crippen LogP contribution is -2.44. The first-order valence-electron chi connectivity index (χ1n) is 8.04. The third-order valence-electron chi connectivity index (χ3n) is 4.51. The van der Waals surface area contributed by atoms with E-state index in [2.05, 4.69) is 17.9 Å². The molecule has 1 aliphatic carbocycles. The normalized spacial score (nSPS) is 26.4. The van der Waals surface area contributed by atoms with Crippen LogP contribution in [0.25, 0.3) is 0 Å². The molecule has 1 N–H and O–H groups in total. The van der Waals surface area contributed by atoms with Crippen LogP contribution >= 0.6 is 0 Å². The highest BCUT2D eigenvalue weighted by Crippen LogP contribution is 2.32. The van der Waals surface area contributed by atoms with Crippen molar-refractivity contribution in [3.8, 4) is 5.75 Å². The lowest BCUT2D eigenvalue weighted by Gasteiger charge is -2.32. The Kier molecular flexibility index (Phi) is 4.78. The fourth-order valence-corrected chi connectivity index (χ4v) is 3.20. The third-order valence-corrected chi connectivity index (χ3v) is 4.51. The molecular weight excluding hydrogens is 266 g/mol. The Morgan fingerprint density at radius 3 is 3.19 bits per heavy atom. The lowest BCUT2D eigenvalue weighted by molar-refractivity contribution is -0.0464. The Bertz CT molecular complexity index is 477. The number of hydrogen-bond donors (Lipinski definition) is 1. The van der Waals surface area contributed by atoms with Gasteiger partial charge in [-0.15, -0.1) is 0 Å². The average molecular weight is 291 g/mol. The number of nitrogens with zero attached hydrogens (tertiary/aromatic N) is 1. The quantitative estimate of drug-likeness (QED) is 0.923. The van der Waals surface area contributed by atoms with Gasteiger partial charge in [0.15, 0.2) is 0 Å². The predicted molar refractivity (Wildman–Crippen MR) is 81.7 cm³/mol. The number of morpholine rings is 1. The summed E-state index contributed by atoms with van der Waals surface area (Å²) in [6, 6.07) is 6.10. The van der Waals surface area contributed by atoms with Gasteiger partial charge in [0.25, 0.3) is 0 Å². The first-order valence-corrected chi connectivity index (χ1v) is 8.04. The molecule has 21 heavy (non-hydrogen) atoms. The molecule has 1 fully saturated rings. The summed E-state index contributed by atoms with van der Waals surface area (Å²) in [7, 11) is 0. The molecule has 3 rings (SSSR count). The van der Waals surface area contributed by atoms with Gasteiger partial charge in [0.1, 0.15) is 18.5 Å². The Morgan fingerprint density at radius 1 is 1.43 bits per heavy atom. The van der Waals surface area contributed by atoms with Crippen LogP contribution in [0.15, 0.2) is 18.2 Å². The van der Waals surface area contributed by atoms with E-state index in [4.69, 9.17) is 9.47 Å². The summed E-state index contributed by atoms with van der Waals surface area (Å²) < 4.78 is 11.6. The maximum atomic E-state index is 10.1. The Balaban J connectivity index is 1.59. The Hall–Kier alpha value is -1.10. The molecule has 0 amide bonds. The molecule has 0 radical (unpaired) electrons. The molecule has 1 aromatic carbocycles. The molecule has 0 bridgehead atoms. The number of aliphatic hydroxyl groups is 1. The average Bonchev–Trinajstić information content (AvgIpc) is 2.54. The van der Waals surface area contributed by atoms with Crippen LogP contribution in [0.3, 0.4) is 0 Å². The molecule has 2 aliphatic rings. The second-order valence-electron chi connectivity index (χ2n) is 5.97. The van der Waals surface area contributed by atoms with Gasteiger partial charge < -0.3 is 14.6 Å². The van der Waals surface area contributed by atoms with E-state index in [9.17, 15) is 5.11 Å². The molecular formula is C17H25NO3. The summed E-state index contributed by atoms with van der Waals surface area (Å²) in [6.45, 7) is 6.54. The SMILES string of the molecule is CCN1CCOC(COc2ccc3c(c2)[C@H](O)CCC3)C1. The summed E-state index contributed by atoms with van der Waals surface area (Å²) in [4.78, 5) is 2.38. The molecule has 1 aromatic rings. The van der Waals surface area contributed by atoms with Crippen molar-refractivity contribution in [1.82, 2.24) is 4.90 Å². The van der Waals surface area contributed by atoms with E-state index in [0.29, 0.717) is 6.61 Å². The van der Waals surface area contributed by atoms with Crippen LogP contribution in [0.2, 0.25) is 0 Å². The molecule has 4 nitrogen and oxygen atoms in total. The maximum Gasteiger partial charge on any atom is 0.119 e. The van der Waals surface area contributed by atoms with E-state index >= 15 is 0 Å². The largest absolute Gasteiger partial charge is 0.491 e. The summed E-state index contributed by atoms with van der Waals surface area (Å²) in [5, 5.41) is 10.1. The third kappa shape index (κ3) is 3.57. The highest BCUT2D eigenvalue weighted by atomic mass is 16.5. The van der Waals surface area contributed by atoms with Gasteiger partial charge in [0.05, 0.1) is 12.7 Å². The van der Waals surface area contributed by atoms with Crippen molar-refractivity contribution in [3.05, 3.63) is 29.3 Å². The van der Waals surface area contributed by atoms with Gasteiger partial charge in [-0.25, -0.2) is 0 Å². The number of fused-ring (bicyclic) bond motifs is 1. The number of hydrogen-bond acceptors (Lipinski definition) is 4. The molecule has 0 aromatic heterocycles. The summed E-state index contributed by atoms with van der Waals surface area (Å²) in [5.41, 5.74) is 2.30. The van der Waals surface area contributed by atoms with Gasteiger partial charge in [0.2, 0.25) is 0 Å². The van der Waals surface area contributed by atoms with Gasteiger partial charge in [-0.2, -0.15) is 0 Å². The second-order valence-corrected chi connectivity index (χ2v) is 5.97. The van der Waals surface area contributed by atoms with Crippen molar-refractivity contribution in [2.75, 3.05) is 32.8 Å². The zero-order valence-corrected chi connectivity index (χ0v) is 12.8. The minimum Gasteiger partial charge on any atom is -0.491 e. The van der Waals surface area contributed by atoms with Crippen molar-refractivity contribution in [3.63, 3.8) is 0 Å². The fourth-order valence-electron chi connectivity index (χ4n) is 3.20. The molecule has 1 saturated heterocycles. The van der Waals surface area contributed by atoms with E-state index in [0.717, 1.165) is 56.8 Å². The van der Waals surface area contributed by atoms with Crippen LogP contribution in [0.4, 0.5) is 0 Å². The molecule has 2 atom stereocenters. The zero-order chi connectivity index (χ0) is 14.7. The highest BCUT2D eigenvalue weighted by molar-refractivity contribution is 5.38. The standard InChI is InChI=1S/C17H25NO3/c1-2-18-8-9-20-15(11-18)12-21-14-7-6-13-4-3-5-17(19)16(13)10-14/h6-7,10,15,17,19H,2-5,8-9,11-12H2,1H3/t15?,17-/m1/s1. The molecule has 0 spiro atoms. The number of benzene rings is 1. The molecule has 0 saturated carbocycles. The van der Waals surface area contributed by atoms with Crippen LogP contribution in [0.5, 0.6) is 5.75 Å².